The van der Waals surface area contributed by atoms with Gasteiger partial charge in [-0.05, 0) is 26.2 Å². The Kier molecular flexibility index (Phi) is 6.44. The first-order valence-corrected chi connectivity index (χ1v) is 6.77. The third-order valence-corrected chi connectivity index (χ3v) is 3.11. The SMILES string of the molecule is CCOC(=O)[C@@H](C)C[C@@H](NC(=O)[C@H]1CCCO1)C(=O)O. The minimum absolute atomic E-state index is 0.00731. The van der Waals surface area contributed by atoms with Crippen molar-refractivity contribution in [2.75, 3.05) is 13.2 Å². The Morgan fingerprint density at radius 1 is 1.45 bits per heavy atom. The quantitative estimate of drug-likeness (QED) is 0.654. The summed E-state index contributed by atoms with van der Waals surface area (Å²) in [5.41, 5.74) is 0. The summed E-state index contributed by atoms with van der Waals surface area (Å²) < 4.78 is 10.0. The monoisotopic (exact) mass is 287 g/mol. The number of hydrogen-bond donors (Lipinski definition) is 2. The van der Waals surface area contributed by atoms with E-state index in [2.05, 4.69) is 5.32 Å². The van der Waals surface area contributed by atoms with Crippen LogP contribution in [0.25, 0.3) is 0 Å². The van der Waals surface area contributed by atoms with Crippen LogP contribution >= 0.6 is 0 Å². The van der Waals surface area contributed by atoms with Crippen molar-refractivity contribution in [2.45, 2.75) is 45.3 Å². The van der Waals surface area contributed by atoms with Gasteiger partial charge in [-0.25, -0.2) is 4.79 Å². The average Bonchev–Trinajstić information content (AvgIpc) is 2.91. The Labute approximate surface area is 117 Å². The molecule has 1 fully saturated rings. The maximum atomic E-state index is 11.8. The fourth-order valence-corrected chi connectivity index (χ4v) is 2.00. The summed E-state index contributed by atoms with van der Waals surface area (Å²) in [5, 5.41) is 11.5. The molecule has 1 aliphatic heterocycles. The first-order valence-electron chi connectivity index (χ1n) is 6.77. The van der Waals surface area contributed by atoms with Gasteiger partial charge in [-0.2, -0.15) is 0 Å². The van der Waals surface area contributed by atoms with Gasteiger partial charge in [0.15, 0.2) is 0 Å². The fourth-order valence-electron chi connectivity index (χ4n) is 2.00. The Morgan fingerprint density at radius 2 is 2.15 bits per heavy atom. The molecule has 0 aromatic heterocycles. The summed E-state index contributed by atoms with van der Waals surface area (Å²) >= 11 is 0. The lowest BCUT2D eigenvalue weighted by molar-refractivity contribution is -0.150. The zero-order valence-corrected chi connectivity index (χ0v) is 11.8. The van der Waals surface area contributed by atoms with Crippen LogP contribution in [0.1, 0.15) is 33.1 Å². The summed E-state index contributed by atoms with van der Waals surface area (Å²) in [6.45, 7) is 4.00. The largest absolute Gasteiger partial charge is 0.480 e. The van der Waals surface area contributed by atoms with Crippen molar-refractivity contribution in [1.29, 1.82) is 0 Å². The van der Waals surface area contributed by atoms with Gasteiger partial charge in [0, 0.05) is 6.61 Å². The van der Waals surface area contributed by atoms with E-state index in [1.54, 1.807) is 13.8 Å². The van der Waals surface area contributed by atoms with Gasteiger partial charge in [0.2, 0.25) is 5.91 Å². The van der Waals surface area contributed by atoms with E-state index >= 15 is 0 Å². The van der Waals surface area contributed by atoms with Gasteiger partial charge < -0.3 is 19.9 Å². The maximum Gasteiger partial charge on any atom is 0.326 e. The molecule has 1 amide bonds. The molecule has 0 saturated carbocycles. The third kappa shape index (κ3) is 4.80. The van der Waals surface area contributed by atoms with E-state index < -0.39 is 35.9 Å². The van der Waals surface area contributed by atoms with Crippen LogP contribution in [-0.2, 0) is 23.9 Å². The summed E-state index contributed by atoms with van der Waals surface area (Å²) in [4.78, 5) is 34.5. The number of carboxylic acids is 1. The number of nitrogens with one attached hydrogen (secondary N) is 1. The molecular weight excluding hydrogens is 266 g/mol. The number of esters is 1. The van der Waals surface area contributed by atoms with E-state index in [4.69, 9.17) is 14.6 Å². The van der Waals surface area contributed by atoms with Crippen LogP contribution in [0.5, 0.6) is 0 Å². The standard InChI is InChI=1S/C13H21NO6/c1-3-19-13(18)8(2)7-9(12(16)17)14-11(15)10-5-4-6-20-10/h8-10H,3-7H2,1-2H3,(H,14,15)(H,16,17)/t8-,9+,10+/m0/s1. The van der Waals surface area contributed by atoms with Gasteiger partial charge in [-0.15, -0.1) is 0 Å². The molecule has 1 aliphatic rings. The highest BCUT2D eigenvalue weighted by molar-refractivity contribution is 5.86. The lowest BCUT2D eigenvalue weighted by Gasteiger charge is -2.19. The average molecular weight is 287 g/mol. The van der Waals surface area contributed by atoms with Gasteiger partial charge in [-0.1, -0.05) is 6.92 Å². The number of ether oxygens (including phenoxy) is 2. The van der Waals surface area contributed by atoms with Crippen molar-refractivity contribution >= 4 is 17.8 Å². The van der Waals surface area contributed by atoms with Crippen LogP contribution < -0.4 is 5.32 Å². The summed E-state index contributed by atoms with van der Waals surface area (Å²) in [7, 11) is 0. The third-order valence-electron chi connectivity index (χ3n) is 3.11. The molecule has 0 unspecified atom stereocenters. The molecular formula is C13H21NO6. The number of carbonyl (C=O) groups is 3. The summed E-state index contributed by atoms with van der Waals surface area (Å²) in [5.74, 6) is -2.68. The minimum atomic E-state index is -1.17. The number of aliphatic carboxylic acids is 1. The van der Waals surface area contributed by atoms with Gasteiger partial charge in [0.05, 0.1) is 12.5 Å². The molecule has 1 rings (SSSR count). The molecule has 0 radical (unpaired) electrons. The normalized spacial score (nSPS) is 21.0. The topological polar surface area (TPSA) is 102 Å². The van der Waals surface area contributed by atoms with Crippen LogP contribution in [-0.4, -0.2) is 48.3 Å². The predicted molar refractivity (Wildman–Crippen MR) is 69.0 cm³/mol. The molecule has 0 aliphatic carbocycles. The van der Waals surface area contributed by atoms with Crippen LogP contribution in [0.2, 0.25) is 0 Å². The number of carboxylic acid groups (broad SMARTS) is 1. The van der Waals surface area contributed by atoms with Crippen molar-refractivity contribution in [1.82, 2.24) is 5.32 Å². The second-order valence-corrected chi connectivity index (χ2v) is 4.79. The molecule has 2 N–H and O–H groups in total. The van der Waals surface area contributed by atoms with Crippen LogP contribution in [0.4, 0.5) is 0 Å². The molecule has 7 nitrogen and oxygen atoms in total. The highest BCUT2D eigenvalue weighted by Crippen LogP contribution is 2.14. The number of carbonyl (C=O) groups excluding carboxylic acids is 2. The van der Waals surface area contributed by atoms with Crippen molar-refractivity contribution in [2.24, 2.45) is 5.92 Å². The summed E-state index contributed by atoms with van der Waals surface area (Å²) in [6, 6.07) is -1.12. The maximum absolute atomic E-state index is 11.8. The molecule has 0 aromatic carbocycles. The van der Waals surface area contributed by atoms with Crippen LogP contribution in [0.15, 0.2) is 0 Å². The smallest absolute Gasteiger partial charge is 0.326 e. The Hall–Kier alpha value is -1.63. The molecule has 1 saturated heterocycles. The van der Waals surface area contributed by atoms with Crippen molar-refractivity contribution in [3.63, 3.8) is 0 Å². The minimum Gasteiger partial charge on any atom is -0.480 e. The molecule has 7 heteroatoms. The molecule has 0 aromatic rings. The van der Waals surface area contributed by atoms with Crippen molar-refractivity contribution in [3.05, 3.63) is 0 Å². The summed E-state index contributed by atoms with van der Waals surface area (Å²) in [6.07, 6.45) is 0.780. The van der Waals surface area contributed by atoms with E-state index in [1.165, 1.54) is 0 Å². The predicted octanol–water partition coefficient (Wildman–Crippen LogP) is 0.324. The molecule has 20 heavy (non-hydrogen) atoms. The Balaban J connectivity index is 2.53. The first kappa shape index (κ1) is 16.4. The molecule has 1 heterocycles. The van der Waals surface area contributed by atoms with E-state index in [9.17, 15) is 14.4 Å². The second-order valence-electron chi connectivity index (χ2n) is 4.79. The van der Waals surface area contributed by atoms with Gasteiger partial charge in [-0.3, -0.25) is 9.59 Å². The lowest BCUT2D eigenvalue weighted by Crippen LogP contribution is -2.46. The lowest BCUT2D eigenvalue weighted by atomic mass is 10.0. The Morgan fingerprint density at radius 3 is 2.65 bits per heavy atom. The highest BCUT2D eigenvalue weighted by atomic mass is 16.5. The van der Waals surface area contributed by atoms with Crippen LogP contribution in [0.3, 0.4) is 0 Å². The zero-order chi connectivity index (χ0) is 15.1. The zero-order valence-electron chi connectivity index (χ0n) is 11.8. The van der Waals surface area contributed by atoms with E-state index in [0.29, 0.717) is 13.0 Å². The fraction of sp³-hybridized carbons (Fsp3) is 0.769. The van der Waals surface area contributed by atoms with Crippen molar-refractivity contribution in [3.8, 4) is 0 Å². The van der Waals surface area contributed by atoms with Gasteiger partial charge in [0.25, 0.3) is 0 Å². The second kappa shape index (κ2) is 7.84. The van der Waals surface area contributed by atoms with Crippen LogP contribution in [0, 0.1) is 5.92 Å². The van der Waals surface area contributed by atoms with E-state index in [1.807, 2.05) is 0 Å². The first-order chi connectivity index (χ1) is 9.45. The number of amides is 1. The van der Waals surface area contributed by atoms with Crippen molar-refractivity contribution < 1.29 is 29.0 Å². The molecule has 3 atom stereocenters. The van der Waals surface area contributed by atoms with E-state index in [0.717, 1.165) is 6.42 Å². The van der Waals surface area contributed by atoms with Gasteiger partial charge in [0.1, 0.15) is 12.1 Å². The molecule has 114 valence electrons. The molecule has 0 spiro atoms. The number of hydrogen-bond acceptors (Lipinski definition) is 5. The number of rotatable bonds is 7. The van der Waals surface area contributed by atoms with E-state index in [-0.39, 0.29) is 13.0 Å². The van der Waals surface area contributed by atoms with Gasteiger partial charge >= 0.3 is 11.9 Å². The molecule has 0 bridgehead atoms. The highest BCUT2D eigenvalue weighted by Gasteiger charge is 2.30. The Bertz CT molecular complexity index is 364.